The van der Waals surface area contributed by atoms with Gasteiger partial charge in [-0.05, 0) is 49.6 Å². The molecule has 1 aromatic carbocycles. The molecule has 1 fully saturated rings. The van der Waals surface area contributed by atoms with Crippen molar-refractivity contribution in [3.8, 4) is 5.75 Å². The zero-order valence-corrected chi connectivity index (χ0v) is 16.2. The molecule has 2 aliphatic heterocycles. The average Bonchev–Trinajstić information content (AvgIpc) is 3.16. The summed E-state index contributed by atoms with van der Waals surface area (Å²) in [5, 5.41) is 4.41. The number of amides is 2. The predicted molar refractivity (Wildman–Crippen MR) is 100 cm³/mol. The van der Waals surface area contributed by atoms with Gasteiger partial charge < -0.3 is 14.5 Å². The van der Waals surface area contributed by atoms with Gasteiger partial charge in [-0.25, -0.2) is 0 Å². The molecule has 0 aliphatic carbocycles. The highest BCUT2D eigenvalue weighted by molar-refractivity contribution is 5.95. The van der Waals surface area contributed by atoms with Crippen LogP contribution in [-0.2, 0) is 13.0 Å². The number of rotatable bonds is 3. The molecule has 0 saturated carbocycles. The number of hydrogen-bond donors (Lipinski definition) is 0. The Bertz CT molecular complexity index is 908. The number of piperazine rings is 1. The fourth-order valence-corrected chi connectivity index (χ4v) is 3.78. The predicted octanol–water partition coefficient (Wildman–Crippen LogP) is 2.72. The lowest BCUT2D eigenvalue weighted by Gasteiger charge is -2.34. The maximum absolute atomic E-state index is 12.8. The van der Waals surface area contributed by atoms with Crippen LogP contribution in [-0.4, -0.2) is 63.9 Å². The van der Waals surface area contributed by atoms with Crippen molar-refractivity contribution < 1.29 is 27.5 Å². The van der Waals surface area contributed by atoms with Crippen LogP contribution in [0.3, 0.4) is 0 Å². The molecule has 4 rings (SSSR count). The molecule has 0 spiro atoms. The normalized spacial score (nSPS) is 16.9. The van der Waals surface area contributed by atoms with Gasteiger partial charge in [0.1, 0.15) is 5.75 Å². The number of carbonyl (C=O) groups is 2. The maximum Gasteiger partial charge on any atom is 0.573 e. The van der Waals surface area contributed by atoms with Crippen LogP contribution in [0.4, 0.5) is 13.2 Å². The summed E-state index contributed by atoms with van der Waals surface area (Å²) < 4.78 is 42.5. The largest absolute Gasteiger partial charge is 0.573 e. The van der Waals surface area contributed by atoms with E-state index < -0.39 is 6.36 Å². The first-order valence-corrected chi connectivity index (χ1v) is 9.81. The fraction of sp³-hybridized carbons (Fsp3) is 0.450. The second-order valence-corrected chi connectivity index (χ2v) is 7.36. The highest BCUT2D eigenvalue weighted by Gasteiger charge is 2.31. The third-order valence-corrected chi connectivity index (χ3v) is 5.32. The van der Waals surface area contributed by atoms with E-state index in [1.54, 1.807) is 9.80 Å². The topological polar surface area (TPSA) is 67.7 Å². The SMILES string of the molecule is O=C(c1ccc(OC(F)(F)F)cc1)N1CCN(C(=O)c2cc3n(n2)CCCC3)CC1. The van der Waals surface area contributed by atoms with E-state index in [1.165, 1.54) is 12.1 Å². The van der Waals surface area contributed by atoms with E-state index in [4.69, 9.17) is 0 Å². The number of halogens is 3. The van der Waals surface area contributed by atoms with Gasteiger partial charge in [0.25, 0.3) is 11.8 Å². The minimum Gasteiger partial charge on any atom is -0.406 e. The summed E-state index contributed by atoms with van der Waals surface area (Å²) in [6.07, 6.45) is -1.69. The molecule has 0 N–H and O–H groups in total. The van der Waals surface area contributed by atoms with E-state index in [0.717, 1.165) is 43.6 Å². The Balaban J connectivity index is 1.34. The van der Waals surface area contributed by atoms with E-state index in [-0.39, 0.29) is 23.1 Å². The first kappa shape index (κ1) is 20.2. The van der Waals surface area contributed by atoms with Gasteiger partial charge in [0, 0.05) is 44.0 Å². The molecule has 160 valence electrons. The third kappa shape index (κ3) is 4.42. The number of aromatic nitrogens is 2. The van der Waals surface area contributed by atoms with Crippen LogP contribution in [0.25, 0.3) is 0 Å². The Labute approximate surface area is 171 Å². The molecule has 2 aliphatic rings. The van der Waals surface area contributed by atoms with Crippen molar-refractivity contribution in [3.05, 3.63) is 47.3 Å². The smallest absolute Gasteiger partial charge is 0.406 e. The number of benzene rings is 1. The molecule has 3 heterocycles. The minimum absolute atomic E-state index is 0.141. The summed E-state index contributed by atoms with van der Waals surface area (Å²) in [6, 6.07) is 6.68. The lowest BCUT2D eigenvalue weighted by atomic mass is 10.1. The Morgan fingerprint density at radius 3 is 2.13 bits per heavy atom. The van der Waals surface area contributed by atoms with Crippen LogP contribution >= 0.6 is 0 Å². The molecule has 1 aromatic heterocycles. The Morgan fingerprint density at radius 1 is 0.900 bits per heavy atom. The highest BCUT2D eigenvalue weighted by Crippen LogP contribution is 2.23. The van der Waals surface area contributed by atoms with E-state index in [9.17, 15) is 22.8 Å². The number of alkyl halides is 3. The number of fused-ring (bicyclic) bond motifs is 1. The second-order valence-electron chi connectivity index (χ2n) is 7.36. The Hall–Kier alpha value is -3.04. The second kappa shape index (κ2) is 8.00. The van der Waals surface area contributed by atoms with Crippen molar-refractivity contribution >= 4 is 11.8 Å². The number of nitrogens with zero attached hydrogens (tertiary/aromatic N) is 4. The van der Waals surface area contributed by atoms with E-state index >= 15 is 0 Å². The highest BCUT2D eigenvalue weighted by atomic mass is 19.4. The van der Waals surface area contributed by atoms with Gasteiger partial charge in [-0.2, -0.15) is 5.10 Å². The van der Waals surface area contributed by atoms with Crippen LogP contribution < -0.4 is 4.74 Å². The molecule has 0 bridgehead atoms. The van der Waals surface area contributed by atoms with Gasteiger partial charge in [0.15, 0.2) is 5.69 Å². The Morgan fingerprint density at radius 2 is 1.53 bits per heavy atom. The molecular weight excluding hydrogens is 401 g/mol. The van der Waals surface area contributed by atoms with Crippen LogP contribution in [0.1, 0.15) is 39.4 Å². The van der Waals surface area contributed by atoms with Crippen molar-refractivity contribution in [2.24, 2.45) is 0 Å². The molecule has 30 heavy (non-hydrogen) atoms. The summed E-state index contributed by atoms with van der Waals surface area (Å²) in [5.74, 6) is -0.812. The van der Waals surface area contributed by atoms with Gasteiger partial charge in [-0.3, -0.25) is 14.3 Å². The standard InChI is InChI=1S/C20H21F3N4O3/c21-20(22,23)30-16-6-4-14(5-7-16)18(28)25-9-11-26(12-10-25)19(29)17-13-15-3-1-2-8-27(15)24-17/h4-7,13H,1-3,8-12H2. The summed E-state index contributed by atoms with van der Waals surface area (Å²) in [4.78, 5) is 28.6. The number of carbonyl (C=O) groups excluding carboxylic acids is 2. The van der Waals surface area contributed by atoms with Gasteiger partial charge in [-0.1, -0.05) is 0 Å². The van der Waals surface area contributed by atoms with Gasteiger partial charge in [-0.15, -0.1) is 13.2 Å². The van der Waals surface area contributed by atoms with E-state index in [1.807, 2.05) is 10.7 Å². The first-order chi connectivity index (χ1) is 14.3. The number of aryl methyl sites for hydroxylation is 2. The van der Waals surface area contributed by atoms with Gasteiger partial charge in [0.2, 0.25) is 0 Å². The average molecular weight is 422 g/mol. The summed E-state index contributed by atoms with van der Waals surface area (Å²) in [7, 11) is 0. The zero-order valence-electron chi connectivity index (χ0n) is 16.2. The van der Waals surface area contributed by atoms with Crippen molar-refractivity contribution in [2.45, 2.75) is 32.2 Å². The number of hydrogen-bond acceptors (Lipinski definition) is 4. The summed E-state index contributed by atoms with van der Waals surface area (Å²) >= 11 is 0. The lowest BCUT2D eigenvalue weighted by Crippen LogP contribution is -2.50. The molecule has 10 heteroatoms. The first-order valence-electron chi connectivity index (χ1n) is 9.81. The van der Waals surface area contributed by atoms with Crippen molar-refractivity contribution in [1.82, 2.24) is 19.6 Å². The van der Waals surface area contributed by atoms with E-state index in [2.05, 4.69) is 9.84 Å². The molecular formula is C20H21F3N4O3. The molecule has 7 nitrogen and oxygen atoms in total. The van der Waals surface area contributed by atoms with Crippen LogP contribution in [0, 0.1) is 0 Å². The quantitative estimate of drug-likeness (QED) is 0.763. The minimum atomic E-state index is -4.78. The van der Waals surface area contributed by atoms with E-state index in [0.29, 0.717) is 31.9 Å². The molecule has 1 saturated heterocycles. The van der Waals surface area contributed by atoms with Crippen molar-refractivity contribution in [1.29, 1.82) is 0 Å². The summed E-state index contributed by atoms with van der Waals surface area (Å²) in [5.41, 5.74) is 1.79. The maximum atomic E-state index is 12.8. The molecule has 2 aromatic rings. The zero-order chi connectivity index (χ0) is 21.3. The lowest BCUT2D eigenvalue weighted by molar-refractivity contribution is -0.274. The monoisotopic (exact) mass is 422 g/mol. The van der Waals surface area contributed by atoms with Gasteiger partial charge >= 0.3 is 6.36 Å². The Kier molecular flexibility index (Phi) is 5.40. The van der Waals surface area contributed by atoms with Crippen molar-refractivity contribution in [2.75, 3.05) is 26.2 Å². The van der Waals surface area contributed by atoms with Crippen molar-refractivity contribution in [3.63, 3.8) is 0 Å². The number of ether oxygens (including phenoxy) is 1. The summed E-state index contributed by atoms with van der Waals surface area (Å²) in [6.45, 7) is 2.28. The molecule has 0 atom stereocenters. The van der Waals surface area contributed by atoms with Crippen LogP contribution in [0.15, 0.2) is 30.3 Å². The fourth-order valence-electron chi connectivity index (χ4n) is 3.78. The molecule has 2 amide bonds. The van der Waals surface area contributed by atoms with Crippen LogP contribution in [0.2, 0.25) is 0 Å². The third-order valence-electron chi connectivity index (χ3n) is 5.32. The molecule has 0 radical (unpaired) electrons. The molecule has 0 unspecified atom stereocenters. The van der Waals surface area contributed by atoms with Crippen LogP contribution in [0.5, 0.6) is 5.75 Å². The van der Waals surface area contributed by atoms with Gasteiger partial charge in [0.05, 0.1) is 0 Å².